The van der Waals surface area contributed by atoms with Gasteiger partial charge in [0, 0.05) is 11.6 Å². The van der Waals surface area contributed by atoms with Crippen molar-refractivity contribution in [2.75, 3.05) is 7.11 Å². The van der Waals surface area contributed by atoms with Crippen LogP contribution in [0.25, 0.3) is 11.3 Å². The maximum Gasteiger partial charge on any atom is 0.232 e. The highest BCUT2D eigenvalue weighted by Gasteiger charge is 2.12. The van der Waals surface area contributed by atoms with Crippen LogP contribution >= 0.6 is 0 Å². The lowest BCUT2D eigenvalue weighted by Gasteiger charge is -2.10. The summed E-state index contributed by atoms with van der Waals surface area (Å²) in [4.78, 5) is 15.8. The molecular weight excluding hydrogens is 325 g/mol. The zero-order valence-electron chi connectivity index (χ0n) is 13.8. The van der Waals surface area contributed by atoms with Crippen molar-refractivity contribution in [1.29, 1.82) is 0 Å². The second-order valence-corrected chi connectivity index (χ2v) is 5.33. The summed E-state index contributed by atoms with van der Waals surface area (Å²) < 4.78 is 29.4. The van der Waals surface area contributed by atoms with E-state index in [2.05, 4.69) is 4.98 Å². The van der Waals surface area contributed by atoms with Crippen molar-refractivity contribution in [3.05, 3.63) is 65.9 Å². The molecule has 0 radical (unpaired) electrons. The van der Waals surface area contributed by atoms with Crippen LogP contribution < -0.4 is 9.47 Å². The van der Waals surface area contributed by atoms with Gasteiger partial charge in [0.05, 0.1) is 18.9 Å². The molecule has 0 aliphatic rings. The maximum atomic E-state index is 13.0. The molecule has 0 atom stereocenters. The molecule has 0 aliphatic heterocycles. The SMILES string of the molecule is COc1ccc(C(C)=O)c(OCc2ncc(-c3ccc(F)cc3)o2)c1. The van der Waals surface area contributed by atoms with Gasteiger partial charge in [-0.2, -0.15) is 0 Å². The third kappa shape index (κ3) is 3.85. The molecule has 0 unspecified atom stereocenters. The molecule has 0 saturated carbocycles. The summed E-state index contributed by atoms with van der Waals surface area (Å²) in [6, 6.07) is 10.9. The van der Waals surface area contributed by atoms with Crippen molar-refractivity contribution in [2.24, 2.45) is 0 Å². The Bertz CT molecular complexity index is 887. The molecule has 3 aromatic rings. The van der Waals surface area contributed by atoms with Crippen LogP contribution in [0.2, 0.25) is 0 Å². The lowest BCUT2D eigenvalue weighted by molar-refractivity contribution is 0.101. The average molecular weight is 341 g/mol. The number of hydrogen-bond donors (Lipinski definition) is 0. The molecule has 3 rings (SSSR count). The zero-order chi connectivity index (χ0) is 17.8. The Morgan fingerprint density at radius 1 is 1.20 bits per heavy atom. The quantitative estimate of drug-likeness (QED) is 0.627. The van der Waals surface area contributed by atoms with Gasteiger partial charge in [0.1, 0.15) is 17.3 Å². The summed E-state index contributed by atoms with van der Waals surface area (Å²) in [7, 11) is 1.54. The highest BCUT2D eigenvalue weighted by molar-refractivity contribution is 5.97. The van der Waals surface area contributed by atoms with Crippen molar-refractivity contribution in [3.8, 4) is 22.8 Å². The van der Waals surface area contributed by atoms with Crippen molar-refractivity contribution >= 4 is 5.78 Å². The maximum absolute atomic E-state index is 13.0. The molecule has 0 aliphatic carbocycles. The molecule has 0 spiro atoms. The molecular formula is C19H16FNO4. The van der Waals surface area contributed by atoms with E-state index in [0.29, 0.717) is 34.3 Å². The number of oxazole rings is 1. The number of nitrogens with zero attached hydrogens (tertiary/aromatic N) is 1. The van der Waals surface area contributed by atoms with Crippen LogP contribution in [0.15, 0.2) is 53.1 Å². The van der Waals surface area contributed by atoms with Gasteiger partial charge in [0.15, 0.2) is 18.2 Å². The van der Waals surface area contributed by atoms with Gasteiger partial charge in [-0.3, -0.25) is 4.79 Å². The number of ether oxygens (including phenoxy) is 2. The Hall–Kier alpha value is -3.15. The number of benzene rings is 2. The fourth-order valence-corrected chi connectivity index (χ4v) is 2.30. The lowest BCUT2D eigenvalue weighted by atomic mass is 10.1. The monoisotopic (exact) mass is 341 g/mol. The van der Waals surface area contributed by atoms with E-state index < -0.39 is 0 Å². The van der Waals surface area contributed by atoms with E-state index in [9.17, 15) is 9.18 Å². The molecule has 5 nitrogen and oxygen atoms in total. The van der Waals surface area contributed by atoms with Gasteiger partial charge in [-0.25, -0.2) is 9.37 Å². The first-order chi connectivity index (χ1) is 12.1. The molecule has 2 aromatic carbocycles. The van der Waals surface area contributed by atoms with Crippen LogP contribution in [0, 0.1) is 5.82 Å². The van der Waals surface area contributed by atoms with Gasteiger partial charge >= 0.3 is 0 Å². The number of carbonyl (C=O) groups excluding carboxylic acids is 1. The first-order valence-corrected chi connectivity index (χ1v) is 7.59. The van der Waals surface area contributed by atoms with E-state index in [0.717, 1.165) is 0 Å². The highest BCUT2D eigenvalue weighted by Crippen LogP contribution is 2.27. The third-order valence-electron chi connectivity index (χ3n) is 3.60. The molecule has 0 amide bonds. The van der Waals surface area contributed by atoms with E-state index >= 15 is 0 Å². The first-order valence-electron chi connectivity index (χ1n) is 7.59. The molecule has 25 heavy (non-hydrogen) atoms. The van der Waals surface area contributed by atoms with Crippen LogP contribution in [0.1, 0.15) is 23.2 Å². The zero-order valence-corrected chi connectivity index (χ0v) is 13.8. The number of ketones is 1. The minimum absolute atomic E-state index is 0.0502. The number of Topliss-reactive ketones (excluding diaryl/α,β-unsaturated/α-hetero) is 1. The summed E-state index contributed by atoms with van der Waals surface area (Å²) in [6.07, 6.45) is 1.55. The topological polar surface area (TPSA) is 61.6 Å². The molecule has 0 bridgehead atoms. The molecule has 6 heteroatoms. The van der Waals surface area contributed by atoms with Crippen molar-refractivity contribution in [3.63, 3.8) is 0 Å². The summed E-state index contributed by atoms with van der Waals surface area (Å²) in [6.45, 7) is 1.51. The largest absolute Gasteiger partial charge is 0.497 e. The number of carbonyl (C=O) groups is 1. The van der Waals surface area contributed by atoms with Crippen molar-refractivity contribution in [1.82, 2.24) is 4.98 Å². The first kappa shape index (κ1) is 16.7. The number of aromatic nitrogens is 1. The second kappa shape index (κ2) is 7.17. The normalized spacial score (nSPS) is 10.5. The van der Waals surface area contributed by atoms with E-state index in [1.807, 2.05) is 0 Å². The fraction of sp³-hybridized carbons (Fsp3) is 0.158. The fourth-order valence-electron chi connectivity index (χ4n) is 2.30. The molecule has 1 heterocycles. The predicted molar refractivity (Wildman–Crippen MR) is 89.2 cm³/mol. The second-order valence-electron chi connectivity index (χ2n) is 5.33. The van der Waals surface area contributed by atoms with E-state index in [1.165, 1.54) is 26.2 Å². The van der Waals surface area contributed by atoms with Gasteiger partial charge in [-0.15, -0.1) is 0 Å². The van der Waals surface area contributed by atoms with Gasteiger partial charge in [-0.05, 0) is 43.3 Å². The van der Waals surface area contributed by atoms with Crippen LogP contribution in [-0.2, 0) is 6.61 Å². The highest BCUT2D eigenvalue weighted by atomic mass is 19.1. The number of rotatable bonds is 6. The molecule has 0 fully saturated rings. The van der Waals surface area contributed by atoms with Crippen LogP contribution in [-0.4, -0.2) is 17.9 Å². The minimum atomic E-state index is -0.318. The predicted octanol–water partition coefficient (Wildman–Crippen LogP) is 4.27. The van der Waals surface area contributed by atoms with Crippen LogP contribution in [0.5, 0.6) is 11.5 Å². The lowest BCUT2D eigenvalue weighted by Crippen LogP contribution is -2.02. The molecule has 0 N–H and O–H groups in total. The van der Waals surface area contributed by atoms with Gasteiger partial charge in [0.25, 0.3) is 0 Å². The number of halogens is 1. The van der Waals surface area contributed by atoms with E-state index in [4.69, 9.17) is 13.9 Å². The third-order valence-corrected chi connectivity index (χ3v) is 3.60. The van der Waals surface area contributed by atoms with Gasteiger partial charge < -0.3 is 13.9 Å². The molecule has 128 valence electrons. The molecule has 0 saturated heterocycles. The summed E-state index contributed by atoms with van der Waals surface area (Å²) in [5, 5.41) is 0. The Balaban J connectivity index is 1.76. The summed E-state index contributed by atoms with van der Waals surface area (Å²) >= 11 is 0. The average Bonchev–Trinajstić information content (AvgIpc) is 3.09. The number of methoxy groups -OCH3 is 1. The Kier molecular flexibility index (Phi) is 4.79. The number of hydrogen-bond acceptors (Lipinski definition) is 5. The van der Waals surface area contributed by atoms with Crippen molar-refractivity contribution in [2.45, 2.75) is 13.5 Å². The minimum Gasteiger partial charge on any atom is -0.497 e. The standard InChI is InChI=1S/C19H16FNO4/c1-12(22)16-8-7-15(23-2)9-17(16)24-11-19-21-10-18(25-19)13-3-5-14(20)6-4-13/h3-10H,11H2,1-2H3. The van der Waals surface area contributed by atoms with E-state index in [-0.39, 0.29) is 18.2 Å². The van der Waals surface area contributed by atoms with Crippen LogP contribution in [0.3, 0.4) is 0 Å². The smallest absolute Gasteiger partial charge is 0.232 e. The van der Waals surface area contributed by atoms with Gasteiger partial charge in [-0.1, -0.05) is 0 Å². The van der Waals surface area contributed by atoms with Crippen molar-refractivity contribution < 1.29 is 23.1 Å². The molecule has 1 aromatic heterocycles. The summed E-state index contributed by atoms with van der Waals surface area (Å²) in [5.74, 6) is 1.40. The Labute approximate surface area is 144 Å². The van der Waals surface area contributed by atoms with E-state index in [1.54, 1.807) is 36.5 Å². The summed E-state index contributed by atoms with van der Waals surface area (Å²) in [5.41, 5.74) is 1.16. The Morgan fingerprint density at radius 2 is 1.96 bits per heavy atom. The van der Waals surface area contributed by atoms with Crippen LogP contribution in [0.4, 0.5) is 4.39 Å². The Morgan fingerprint density at radius 3 is 2.64 bits per heavy atom. The van der Waals surface area contributed by atoms with Gasteiger partial charge in [0.2, 0.25) is 5.89 Å².